The molecule has 1 aromatic heterocycles. The number of halogens is 2. The third-order valence-corrected chi connectivity index (χ3v) is 4.34. The number of carbonyl (C=O) groups is 1. The van der Waals surface area contributed by atoms with Crippen molar-refractivity contribution >= 4 is 11.6 Å². The van der Waals surface area contributed by atoms with Gasteiger partial charge >= 0.3 is 0 Å². The maximum atomic E-state index is 13.8. The lowest BCUT2D eigenvalue weighted by atomic mass is 10.1. The van der Waals surface area contributed by atoms with Gasteiger partial charge < -0.3 is 5.32 Å². The van der Waals surface area contributed by atoms with E-state index >= 15 is 0 Å². The predicted molar refractivity (Wildman–Crippen MR) is 103 cm³/mol. The summed E-state index contributed by atoms with van der Waals surface area (Å²) in [4.78, 5) is 25.0. The number of benzene rings is 2. The minimum absolute atomic E-state index is 0.243. The highest BCUT2D eigenvalue weighted by Crippen LogP contribution is 2.20. The van der Waals surface area contributed by atoms with E-state index in [9.17, 15) is 18.4 Å². The first-order chi connectivity index (χ1) is 13.4. The number of hydrogen-bond acceptors (Lipinski definition) is 3. The molecule has 0 aliphatic rings. The van der Waals surface area contributed by atoms with Crippen molar-refractivity contribution in [3.05, 3.63) is 82.1 Å². The summed E-state index contributed by atoms with van der Waals surface area (Å²) in [5.41, 5.74) is 1.66. The highest BCUT2D eigenvalue weighted by molar-refractivity contribution is 5.93. The average Bonchev–Trinajstić information content (AvgIpc) is 2.67. The van der Waals surface area contributed by atoms with Gasteiger partial charge in [-0.3, -0.25) is 9.59 Å². The second-order valence-corrected chi connectivity index (χ2v) is 6.40. The summed E-state index contributed by atoms with van der Waals surface area (Å²) < 4.78 is 28.3. The van der Waals surface area contributed by atoms with Gasteiger partial charge in [-0.1, -0.05) is 36.8 Å². The molecule has 0 aliphatic carbocycles. The normalized spacial score (nSPS) is 11.9. The summed E-state index contributed by atoms with van der Waals surface area (Å²) in [6.07, 6.45) is 0.243. The molecule has 0 spiro atoms. The molecule has 2 aromatic carbocycles. The molecule has 1 atom stereocenters. The first-order valence-corrected chi connectivity index (χ1v) is 8.82. The van der Waals surface area contributed by atoms with Crippen LogP contribution < -0.4 is 10.9 Å². The Balaban J connectivity index is 1.94. The Bertz CT molecular complexity index is 1060. The van der Waals surface area contributed by atoms with E-state index in [1.165, 1.54) is 6.07 Å². The molecule has 144 valence electrons. The van der Waals surface area contributed by atoms with Crippen LogP contribution in [0, 0.1) is 18.6 Å². The number of nitrogens with one attached hydrogen (secondary N) is 1. The van der Waals surface area contributed by atoms with E-state index in [0.29, 0.717) is 5.69 Å². The van der Waals surface area contributed by atoms with Crippen LogP contribution in [0.25, 0.3) is 11.3 Å². The van der Waals surface area contributed by atoms with Crippen molar-refractivity contribution in [3.8, 4) is 11.3 Å². The largest absolute Gasteiger partial charge is 0.322 e. The van der Waals surface area contributed by atoms with Gasteiger partial charge in [-0.25, -0.2) is 13.5 Å². The highest BCUT2D eigenvalue weighted by Gasteiger charge is 2.22. The van der Waals surface area contributed by atoms with Crippen LogP contribution in [0.4, 0.5) is 14.5 Å². The lowest BCUT2D eigenvalue weighted by Gasteiger charge is -2.18. The van der Waals surface area contributed by atoms with Crippen LogP contribution >= 0.6 is 0 Å². The number of amides is 1. The van der Waals surface area contributed by atoms with Gasteiger partial charge in [-0.2, -0.15) is 5.10 Å². The Kier molecular flexibility index (Phi) is 5.63. The molecule has 1 heterocycles. The highest BCUT2D eigenvalue weighted by atomic mass is 19.1. The predicted octanol–water partition coefficient (Wildman–Crippen LogP) is 4.09. The third-order valence-electron chi connectivity index (χ3n) is 4.34. The second-order valence-electron chi connectivity index (χ2n) is 6.40. The van der Waals surface area contributed by atoms with Crippen LogP contribution in [0.2, 0.25) is 0 Å². The lowest BCUT2D eigenvalue weighted by Crippen LogP contribution is -2.34. The fraction of sp³-hybridized carbons (Fsp3) is 0.190. The maximum absolute atomic E-state index is 13.8. The second kappa shape index (κ2) is 8.12. The summed E-state index contributed by atoms with van der Waals surface area (Å²) in [6, 6.07) is 12.3. The molecular formula is C21H19F2N3O2. The van der Waals surface area contributed by atoms with Gasteiger partial charge in [0.15, 0.2) is 0 Å². The van der Waals surface area contributed by atoms with Crippen LogP contribution in [-0.2, 0) is 4.79 Å². The van der Waals surface area contributed by atoms with E-state index in [4.69, 9.17) is 0 Å². The van der Waals surface area contributed by atoms with E-state index in [-0.39, 0.29) is 12.1 Å². The Labute approximate surface area is 160 Å². The Morgan fingerprint density at radius 3 is 2.50 bits per heavy atom. The van der Waals surface area contributed by atoms with Gasteiger partial charge in [0.25, 0.3) is 5.56 Å². The Hall–Kier alpha value is -3.35. The molecule has 3 aromatic rings. The van der Waals surface area contributed by atoms with E-state index < -0.39 is 29.1 Å². The van der Waals surface area contributed by atoms with Gasteiger partial charge in [0.2, 0.25) is 5.91 Å². The van der Waals surface area contributed by atoms with Crippen LogP contribution in [-0.4, -0.2) is 15.7 Å². The standard InChI is InChI=1S/C21H19F2N3O2/c1-3-19(21(28)24-18-12-15(22)8-9-16(18)23)26-20(27)11-10-17(25-26)14-6-4-13(2)5-7-14/h4-12,19H,3H2,1-2H3,(H,24,28). The molecule has 0 radical (unpaired) electrons. The molecule has 1 N–H and O–H groups in total. The van der Waals surface area contributed by atoms with Gasteiger partial charge in [0, 0.05) is 17.7 Å². The SMILES string of the molecule is CCC(C(=O)Nc1cc(F)ccc1F)n1nc(-c2ccc(C)cc2)ccc1=O. The van der Waals surface area contributed by atoms with E-state index in [2.05, 4.69) is 10.4 Å². The molecule has 7 heteroatoms. The van der Waals surface area contributed by atoms with E-state index in [1.54, 1.807) is 13.0 Å². The molecule has 0 aliphatic heterocycles. The number of carbonyl (C=O) groups excluding carboxylic acids is 1. The van der Waals surface area contributed by atoms with Crippen molar-refractivity contribution in [1.82, 2.24) is 9.78 Å². The molecule has 0 saturated carbocycles. The minimum Gasteiger partial charge on any atom is -0.322 e. The van der Waals surface area contributed by atoms with Gasteiger partial charge in [-0.05, 0) is 31.5 Å². The van der Waals surface area contributed by atoms with Crippen molar-refractivity contribution < 1.29 is 13.6 Å². The summed E-state index contributed by atoms with van der Waals surface area (Å²) in [5, 5.41) is 6.66. The van der Waals surface area contributed by atoms with Crippen LogP contribution in [0.15, 0.2) is 59.4 Å². The molecule has 5 nitrogen and oxygen atoms in total. The van der Waals surface area contributed by atoms with Crippen LogP contribution in [0.5, 0.6) is 0 Å². The number of nitrogens with zero attached hydrogens (tertiary/aromatic N) is 2. The summed E-state index contributed by atoms with van der Waals surface area (Å²) >= 11 is 0. The zero-order chi connectivity index (χ0) is 20.3. The zero-order valence-corrected chi connectivity index (χ0v) is 15.4. The van der Waals surface area contributed by atoms with Gasteiger partial charge in [0.05, 0.1) is 11.4 Å². The van der Waals surface area contributed by atoms with Crippen molar-refractivity contribution in [3.63, 3.8) is 0 Å². The van der Waals surface area contributed by atoms with E-state index in [0.717, 1.165) is 34.0 Å². The quantitative estimate of drug-likeness (QED) is 0.722. The van der Waals surface area contributed by atoms with Crippen molar-refractivity contribution in [2.75, 3.05) is 5.32 Å². The number of rotatable bonds is 5. The first kappa shape index (κ1) is 19.4. The summed E-state index contributed by atoms with van der Waals surface area (Å²) in [6.45, 7) is 3.67. The molecule has 0 saturated heterocycles. The Morgan fingerprint density at radius 2 is 1.82 bits per heavy atom. The smallest absolute Gasteiger partial charge is 0.267 e. The van der Waals surface area contributed by atoms with Crippen molar-refractivity contribution in [2.45, 2.75) is 26.3 Å². The number of aryl methyl sites for hydroxylation is 1. The van der Waals surface area contributed by atoms with Crippen LogP contribution in [0.3, 0.4) is 0 Å². The molecule has 1 unspecified atom stereocenters. The van der Waals surface area contributed by atoms with Crippen molar-refractivity contribution in [2.24, 2.45) is 0 Å². The summed E-state index contributed by atoms with van der Waals surface area (Å²) in [7, 11) is 0. The molecule has 1 amide bonds. The Morgan fingerprint density at radius 1 is 1.11 bits per heavy atom. The summed E-state index contributed by atoms with van der Waals surface area (Å²) in [5.74, 6) is -2.10. The fourth-order valence-corrected chi connectivity index (χ4v) is 2.81. The van der Waals surface area contributed by atoms with Crippen molar-refractivity contribution in [1.29, 1.82) is 0 Å². The first-order valence-electron chi connectivity index (χ1n) is 8.82. The van der Waals surface area contributed by atoms with Crippen LogP contribution in [0.1, 0.15) is 24.9 Å². The average molecular weight is 383 g/mol. The van der Waals surface area contributed by atoms with Gasteiger partial charge in [0.1, 0.15) is 17.7 Å². The molecule has 0 fully saturated rings. The monoisotopic (exact) mass is 383 g/mol. The molecule has 28 heavy (non-hydrogen) atoms. The lowest BCUT2D eigenvalue weighted by molar-refractivity contribution is -0.119. The molecular weight excluding hydrogens is 364 g/mol. The minimum atomic E-state index is -0.972. The fourth-order valence-electron chi connectivity index (χ4n) is 2.81. The third kappa shape index (κ3) is 4.14. The molecule has 0 bridgehead atoms. The van der Waals surface area contributed by atoms with E-state index in [1.807, 2.05) is 31.2 Å². The van der Waals surface area contributed by atoms with Gasteiger partial charge in [-0.15, -0.1) is 0 Å². The molecule has 3 rings (SSSR count). The topological polar surface area (TPSA) is 64.0 Å². The number of hydrogen-bond donors (Lipinski definition) is 1. The maximum Gasteiger partial charge on any atom is 0.267 e. The number of anilines is 1. The zero-order valence-electron chi connectivity index (χ0n) is 15.4. The number of aromatic nitrogens is 2.